The van der Waals surface area contributed by atoms with Crippen molar-refractivity contribution in [2.75, 3.05) is 19.7 Å². The van der Waals surface area contributed by atoms with Gasteiger partial charge in [0.2, 0.25) is 0 Å². The van der Waals surface area contributed by atoms with Crippen LogP contribution in [-0.4, -0.2) is 37.5 Å². The van der Waals surface area contributed by atoms with Crippen molar-refractivity contribution in [3.8, 4) is 0 Å². The van der Waals surface area contributed by atoms with Crippen molar-refractivity contribution in [2.45, 2.75) is 26.7 Å². The minimum atomic E-state index is -0.384. The van der Waals surface area contributed by atoms with E-state index in [-0.39, 0.29) is 30.7 Å². The maximum Gasteiger partial charge on any atom is 0.314 e. The van der Waals surface area contributed by atoms with Crippen LogP contribution >= 0.6 is 0 Å². The maximum atomic E-state index is 11.1. The van der Waals surface area contributed by atoms with Gasteiger partial charge < -0.3 is 15.4 Å². The predicted octanol–water partition coefficient (Wildman–Crippen LogP) is 0.218. The van der Waals surface area contributed by atoms with Crippen molar-refractivity contribution >= 4 is 17.8 Å². The number of Topliss-reactive ketones (excluding diaryl/α,β-unsaturated/α-hetero) is 1. The van der Waals surface area contributed by atoms with Crippen LogP contribution in [0.15, 0.2) is 0 Å². The van der Waals surface area contributed by atoms with Crippen LogP contribution in [0.4, 0.5) is 4.79 Å². The third kappa shape index (κ3) is 8.98. The summed E-state index contributed by atoms with van der Waals surface area (Å²) in [5.74, 6) is -0.321. The molecule has 0 unspecified atom stereocenters. The van der Waals surface area contributed by atoms with Crippen LogP contribution in [0.5, 0.6) is 0 Å². The highest BCUT2D eigenvalue weighted by Gasteiger charge is 2.03. The van der Waals surface area contributed by atoms with E-state index in [2.05, 4.69) is 15.4 Å². The van der Waals surface area contributed by atoms with Crippen molar-refractivity contribution in [3.05, 3.63) is 0 Å². The second-order valence-corrected chi connectivity index (χ2v) is 3.19. The Hall–Kier alpha value is -1.59. The van der Waals surface area contributed by atoms with Gasteiger partial charge in [-0.3, -0.25) is 9.59 Å². The fourth-order valence-electron chi connectivity index (χ4n) is 0.926. The van der Waals surface area contributed by atoms with E-state index in [0.717, 1.165) is 0 Å². The second-order valence-electron chi connectivity index (χ2n) is 3.19. The molecule has 0 aromatic rings. The molecule has 0 rings (SSSR count). The Morgan fingerprint density at radius 3 is 2.12 bits per heavy atom. The zero-order valence-electron chi connectivity index (χ0n) is 9.67. The van der Waals surface area contributed by atoms with Gasteiger partial charge in [0, 0.05) is 19.5 Å². The van der Waals surface area contributed by atoms with E-state index in [1.54, 1.807) is 6.92 Å². The standard InChI is InChI=1S/C10H18N2O4/c1-3-16-9(14)5-7-12-10(15)11-6-4-8(2)13/h3-7H2,1-2H3,(H2,11,12,15). The highest BCUT2D eigenvalue weighted by Crippen LogP contribution is 1.84. The molecule has 0 radical (unpaired) electrons. The third-order valence-electron chi connectivity index (χ3n) is 1.68. The van der Waals surface area contributed by atoms with Gasteiger partial charge in [0.15, 0.2) is 0 Å². The molecule has 0 aliphatic rings. The van der Waals surface area contributed by atoms with E-state index in [0.29, 0.717) is 19.6 Å². The molecule has 0 aliphatic carbocycles. The number of carbonyl (C=O) groups is 3. The first kappa shape index (κ1) is 14.4. The average Bonchev–Trinajstić information content (AvgIpc) is 2.17. The normalized spacial score (nSPS) is 9.38. The summed E-state index contributed by atoms with van der Waals surface area (Å²) in [5, 5.41) is 4.98. The van der Waals surface area contributed by atoms with Gasteiger partial charge in [-0.15, -0.1) is 0 Å². The van der Waals surface area contributed by atoms with Crippen LogP contribution < -0.4 is 10.6 Å². The molecule has 2 amide bonds. The number of nitrogens with one attached hydrogen (secondary N) is 2. The molecule has 0 saturated carbocycles. The lowest BCUT2D eigenvalue weighted by atomic mass is 10.3. The first-order valence-electron chi connectivity index (χ1n) is 5.23. The zero-order chi connectivity index (χ0) is 12.4. The molecule has 2 N–H and O–H groups in total. The van der Waals surface area contributed by atoms with E-state index in [4.69, 9.17) is 0 Å². The molecule has 0 heterocycles. The molecule has 16 heavy (non-hydrogen) atoms. The summed E-state index contributed by atoms with van der Waals surface area (Å²) in [6.07, 6.45) is 0.458. The van der Waals surface area contributed by atoms with Crippen molar-refractivity contribution in [3.63, 3.8) is 0 Å². The van der Waals surface area contributed by atoms with Crippen LogP contribution in [0.2, 0.25) is 0 Å². The first-order chi connectivity index (χ1) is 7.56. The summed E-state index contributed by atoms with van der Waals surface area (Å²) in [4.78, 5) is 32.5. The van der Waals surface area contributed by atoms with Crippen LogP contribution in [0.3, 0.4) is 0 Å². The molecule has 92 valence electrons. The summed E-state index contributed by atoms with van der Waals surface area (Å²) >= 11 is 0. The number of carbonyl (C=O) groups excluding carboxylic acids is 3. The lowest BCUT2D eigenvalue weighted by Crippen LogP contribution is -2.37. The van der Waals surface area contributed by atoms with Gasteiger partial charge in [-0.05, 0) is 13.8 Å². The average molecular weight is 230 g/mol. The molecule has 0 bridgehead atoms. The third-order valence-corrected chi connectivity index (χ3v) is 1.68. The quantitative estimate of drug-likeness (QED) is 0.613. The molecule has 0 spiro atoms. The fraction of sp³-hybridized carbons (Fsp3) is 0.700. The van der Waals surface area contributed by atoms with Gasteiger partial charge in [-0.1, -0.05) is 0 Å². The van der Waals surface area contributed by atoms with Gasteiger partial charge in [0.1, 0.15) is 5.78 Å². The Kier molecular flexibility index (Phi) is 7.83. The van der Waals surface area contributed by atoms with Crippen molar-refractivity contribution < 1.29 is 19.1 Å². The topological polar surface area (TPSA) is 84.5 Å². The summed E-state index contributed by atoms with van der Waals surface area (Å²) in [5.41, 5.74) is 0. The highest BCUT2D eigenvalue weighted by atomic mass is 16.5. The summed E-state index contributed by atoms with van der Waals surface area (Å²) in [7, 11) is 0. The molecular weight excluding hydrogens is 212 g/mol. The number of esters is 1. The molecule has 0 atom stereocenters. The van der Waals surface area contributed by atoms with Crippen LogP contribution in [-0.2, 0) is 14.3 Å². The molecule has 0 aliphatic heterocycles. The van der Waals surface area contributed by atoms with E-state index in [1.807, 2.05) is 0 Å². The van der Waals surface area contributed by atoms with Crippen LogP contribution in [0.1, 0.15) is 26.7 Å². The number of hydrogen-bond acceptors (Lipinski definition) is 4. The lowest BCUT2D eigenvalue weighted by Gasteiger charge is -2.06. The molecule has 0 saturated heterocycles. The SMILES string of the molecule is CCOC(=O)CCNC(=O)NCCC(C)=O. The minimum absolute atomic E-state index is 0.0202. The highest BCUT2D eigenvalue weighted by molar-refractivity contribution is 5.78. The fourth-order valence-corrected chi connectivity index (χ4v) is 0.926. The number of hydrogen-bond donors (Lipinski definition) is 2. The summed E-state index contributed by atoms with van der Waals surface area (Å²) in [6.45, 7) is 4.05. The Morgan fingerprint density at radius 1 is 1.06 bits per heavy atom. The molecule has 6 nitrogen and oxygen atoms in total. The van der Waals surface area contributed by atoms with E-state index >= 15 is 0 Å². The van der Waals surface area contributed by atoms with Gasteiger partial charge in [0.05, 0.1) is 13.0 Å². The van der Waals surface area contributed by atoms with Gasteiger partial charge >= 0.3 is 12.0 Å². The summed E-state index contributed by atoms with van der Waals surface area (Å²) < 4.78 is 4.68. The predicted molar refractivity (Wildman–Crippen MR) is 57.9 cm³/mol. The Balaban J connectivity index is 3.43. The van der Waals surface area contributed by atoms with Crippen LogP contribution in [0, 0.1) is 0 Å². The molecular formula is C10H18N2O4. The Morgan fingerprint density at radius 2 is 1.62 bits per heavy atom. The monoisotopic (exact) mass is 230 g/mol. The molecule has 0 fully saturated rings. The van der Waals surface area contributed by atoms with Gasteiger partial charge in [0.25, 0.3) is 0 Å². The number of ketones is 1. The summed E-state index contributed by atoms with van der Waals surface area (Å²) in [6, 6.07) is -0.384. The second kappa shape index (κ2) is 8.70. The van der Waals surface area contributed by atoms with E-state index in [1.165, 1.54) is 6.92 Å². The molecule has 0 aromatic heterocycles. The Labute approximate surface area is 94.7 Å². The number of rotatable bonds is 7. The zero-order valence-corrected chi connectivity index (χ0v) is 9.67. The molecule has 0 aromatic carbocycles. The van der Waals surface area contributed by atoms with Crippen molar-refractivity contribution in [2.24, 2.45) is 0 Å². The van der Waals surface area contributed by atoms with Crippen molar-refractivity contribution in [1.29, 1.82) is 0 Å². The van der Waals surface area contributed by atoms with E-state index in [9.17, 15) is 14.4 Å². The van der Waals surface area contributed by atoms with Crippen LogP contribution in [0.25, 0.3) is 0 Å². The van der Waals surface area contributed by atoms with Gasteiger partial charge in [-0.25, -0.2) is 4.79 Å². The smallest absolute Gasteiger partial charge is 0.314 e. The van der Waals surface area contributed by atoms with E-state index < -0.39 is 0 Å². The maximum absolute atomic E-state index is 11.1. The number of amides is 2. The Bertz CT molecular complexity index is 253. The van der Waals surface area contributed by atoms with Crippen molar-refractivity contribution in [1.82, 2.24) is 10.6 Å². The molecule has 6 heteroatoms. The lowest BCUT2D eigenvalue weighted by molar-refractivity contribution is -0.142. The largest absolute Gasteiger partial charge is 0.466 e. The number of urea groups is 1. The first-order valence-corrected chi connectivity index (χ1v) is 5.23. The van der Waals surface area contributed by atoms with Gasteiger partial charge in [-0.2, -0.15) is 0 Å². The number of ether oxygens (including phenoxy) is 1. The minimum Gasteiger partial charge on any atom is -0.466 e.